The van der Waals surface area contributed by atoms with Crippen molar-refractivity contribution in [3.63, 3.8) is 0 Å². The molecule has 1 saturated carbocycles. The van der Waals surface area contributed by atoms with E-state index in [0.717, 1.165) is 18.9 Å². The number of ether oxygens (including phenoxy) is 1. The lowest BCUT2D eigenvalue weighted by atomic mass is 9.85. The quantitative estimate of drug-likeness (QED) is 0.798. The molecule has 1 amide bonds. The minimum atomic E-state index is -0.224. The van der Waals surface area contributed by atoms with Gasteiger partial charge in [-0.2, -0.15) is 0 Å². The lowest BCUT2D eigenvalue weighted by Crippen LogP contribution is -2.57. The van der Waals surface area contributed by atoms with Gasteiger partial charge in [-0.1, -0.05) is 12.8 Å². The number of hydrogen-bond donors (Lipinski definition) is 1. The average Bonchev–Trinajstić information content (AvgIpc) is 2.79. The molecule has 0 spiro atoms. The summed E-state index contributed by atoms with van der Waals surface area (Å²) in [5.74, 6) is 1.02. The SMILES string of the molecule is CC1CN(C(=O)C2CC3CCCCC3N2)CC(C)(C)O1. The molecule has 114 valence electrons. The van der Waals surface area contributed by atoms with Gasteiger partial charge in [-0.3, -0.25) is 4.79 Å². The molecular formula is C16H28N2O2. The molecule has 0 aromatic heterocycles. The summed E-state index contributed by atoms with van der Waals surface area (Å²) in [5.41, 5.74) is -0.224. The monoisotopic (exact) mass is 280 g/mol. The Kier molecular flexibility index (Phi) is 3.80. The van der Waals surface area contributed by atoms with Crippen LogP contribution in [-0.4, -0.2) is 47.7 Å². The van der Waals surface area contributed by atoms with Crippen LogP contribution >= 0.6 is 0 Å². The van der Waals surface area contributed by atoms with Crippen molar-refractivity contribution in [1.82, 2.24) is 10.2 Å². The third-order valence-electron chi connectivity index (χ3n) is 5.04. The second-order valence-electron chi connectivity index (χ2n) is 7.51. The van der Waals surface area contributed by atoms with Crippen LogP contribution in [0.5, 0.6) is 0 Å². The zero-order valence-corrected chi connectivity index (χ0v) is 13.0. The Morgan fingerprint density at radius 2 is 2.05 bits per heavy atom. The van der Waals surface area contributed by atoms with E-state index in [4.69, 9.17) is 4.74 Å². The largest absolute Gasteiger partial charge is 0.369 e. The fraction of sp³-hybridized carbons (Fsp3) is 0.938. The second-order valence-corrected chi connectivity index (χ2v) is 7.51. The van der Waals surface area contributed by atoms with E-state index in [2.05, 4.69) is 26.1 Å². The summed E-state index contributed by atoms with van der Waals surface area (Å²) in [6.07, 6.45) is 6.37. The van der Waals surface area contributed by atoms with Gasteiger partial charge < -0.3 is 15.0 Å². The predicted octanol–water partition coefficient (Wildman–Crippen LogP) is 1.93. The molecule has 2 aliphatic heterocycles. The van der Waals surface area contributed by atoms with E-state index in [1.54, 1.807) is 0 Å². The summed E-state index contributed by atoms with van der Waals surface area (Å²) in [4.78, 5) is 14.8. The Balaban J connectivity index is 1.64. The molecule has 1 N–H and O–H groups in total. The van der Waals surface area contributed by atoms with Gasteiger partial charge in [0.15, 0.2) is 0 Å². The third kappa shape index (κ3) is 2.86. The second kappa shape index (κ2) is 5.30. The molecule has 3 fully saturated rings. The number of morpholine rings is 1. The van der Waals surface area contributed by atoms with Crippen molar-refractivity contribution in [3.8, 4) is 0 Å². The fourth-order valence-corrected chi connectivity index (χ4v) is 4.35. The first kappa shape index (κ1) is 14.3. The Morgan fingerprint density at radius 3 is 2.75 bits per heavy atom. The van der Waals surface area contributed by atoms with Crippen LogP contribution < -0.4 is 5.32 Å². The maximum atomic E-state index is 12.8. The Labute approximate surface area is 122 Å². The predicted molar refractivity (Wildman–Crippen MR) is 78.5 cm³/mol. The molecule has 20 heavy (non-hydrogen) atoms. The molecule has 2 saturated heterocycles. The van der Waals surface area contributed by atoms with E-state index in [1.807, 2.05) is 4.90 Å². The normalized spacial score (nSPS) is 40.5. The van der Waals surface area contributed by atoms with Crippen molar-refractivity contribution in [2.24, 2.45) is 5.92 Å². The third-order valence-corrected chi connectivity index (χ3v) is 5.04. The number of hydrogen-bond acceptors (Lipinski definition) is 3. The van der Waals surface area contributed by atoms with Gasteiger partial charge in [-0.05, 0) is 46.0 Å². The zero-order valence-electron chi connectivity index (χ0n) is 13.0. The van der Waals surface area contributed by atoms with Gasteiger partial charge in [-0.15, -0.1) is 0 Å². The van der Waals surface area contributed by atoms with Gasteiger partial charge in [0.05, 0.1) is 17.7 Å². The van der Waals surface area contributed by atoms with E-state index < -0.39 is 0 Å². The van der Waals surface area contributed by atoms with Crippen LogP contribution in [-0.2, 0) is 9.53 Å². The highest BCUT2D eigenvalue weighted by Gasteiger charge is 2.42. The number of rotatable bonds is 1. The highest BCUT2D eigenvalue weighted by Crippen LogP contribution is 2.34. The molecule has 0 aromatic carbocycles. The smallest absolute Gasteiger partial charge is 0.239 e. The van der Waals surface area contributed by atoms with Crippen molar-refractivity contribution >= 4 is 5.91 Å². The van der Waals surface area contributed by atoms with Gasteiger partial charge in [0.25, 0.3) is 0 Å². The molecule has 0 radical (unpaired) electrons. The Morgan fingerprint density at radius 1 is 1.30 bits per heavy atom. The number of carbonyl (C=O) groups is 1. The van der Waals surface area contributed by atoms with Crippen LogP contribution in [0.1, 0.15) is 52.9 Å². The molecule has 2 heterocycles. The molecule has 0 bridgehead atoms. The van der Waals surface area contributed by atoms with Gasteiger partial charge >= 0.3 is 0 Å². The first-order valence-corrected chi connectivity index (χ1v) is 8.17. The molecule has 4 atom stereocenters. The summed E-state index contributed by atoms with van der Waals surface area (Å²) in [5, 5.41) is 3.60. The molecule has 4 heteroatoms. The lowest BCUT2D eigenvalue weighted by Gasteiger charge is -2.42. The topological polar surface area (TPSA) is 41.6 Å². The Bertz CT molecular complexity index is 369. The van der Waals surface area contributed by atoms with Gasteiger partial charge in [-0.25, -0.2) is 0 Å². The minimum Gasteiger partial charge on any atom is -0.369 e. The Hall–Kier alpha value is -0.610. The van der Waals surface area contributed by atoms with Gasteiger partial charge in [0.2, 0.25) is 5.91 Å². The van der Waals surface area contributed by atoms with Crippen molar-refractivity contribution in [2.75, 3.05) is 13.1 Å². The summed E-state index contributed by atoms with van der Waals surface area (Å²) in [7, 11) is 0. The van der Waals surface area contributed by atoms with Crippen molar-refractivity contribution in [2.45, 2.75) is 76.7 Å². The van der Waals surface area contributed by atoms with Crippen molar-refractivity contribution in [1.29, 1.82) is 0 Å². The summed E-state index contributed by atoms with van der Waals surface area (Å²) < 4.78 is 5.90. The summed E-state index contributed by atoms with van der Waals surface area (Å²) in [6, 6.07) is 0.633. The first-order chi connectivity index (χ1) is 9.44. The highest BCUT2D eigenvalue weighted by molar-refractivity contribution is 5.82. The average molecular weight is 280 g/mol. The molecule has 3 aliphatic rings. The first-order valence-electron chi connectivity index (χ1n) is 8.17. The fourth-order valence-electron chi connectivity index (χ4n) is 4.35. The van der Waals surface area contributed by atoms with Gasteiger partial charge in [0.1, 0.15) is 0 Å². The van der Waals surface area contributed by atoms with Crippen LogP contribution in [0.2, 0.25) is 0 Å². The molecule has 1 aliphatic carbocycles. The highest BCUT2D eigenvalue weighted by atomic mass is 16.5. The maximum Gasteiger partial charge on any atom is 0.239 e. The minimum absolute atomic E-state index is 0.0456. The van der Waals surface area contributed by atoms with E-state index in [9.17, 15) is 4.79 Å². The van der Waals surface area contributed by atoms with E-state index >= 15 is 0 Å². The number of carbonyl (C=O) groups excluding carboxylic acids is 1. The van der Waals surface area contributed by atoms with E-state index in [0.29, 0.717) is 18.5 Å². The van der Waals surface area contributed by atoms with E-state index in [1.165, 1.54) is 25.7 Å². The number of nitrogens with one attached hydrogen (secondary N) is 1. The van der Waals surface area contributed by atoms with Crippen LogP contribution in [0.3, 0.4) is 0 Å². The number of fused-ring (bicyclic) bond motifs is 1. The van der Waals surface area contributed by atoms with Crippen LogP contribution in [0.25, 0.3) is 0 Å². The van der Waals surface area contributed by atoms with Crippen molar-refractivity contribution < 1.29 is 9.53 Å². The van der Waals surface area contributed by atoms with Crippen molar-refractivity contribution in [3.05, 3.63) is 0 Å². The van der Waals surface area contributed by atoms with Crippen LogP contribution in [0.4, 0.5) is 0 Å². The summed E-state index contributed by atoms with van der Waals surface area (Å²) >= 11 is 0. The van der Waals surface area contributed by atoms with Crippen LogP contribution in [0, 0.1) is 5.92 Å². The maximum absolute atomic E-state index is 12.8. The molecular weight excluding hydrogens is 252 g/mol. The molecule has 4 unspecified atom stereocenters. The standard InChI is InChI=1S/C16H28N2O2/c1-11-9-18(10-16(2,3)20-11)15(19)14-8-12-6-4-5-7-13(12)17-14/h11-14,17H,4-10H2,1-3H3. The molecule has 3 rings (SSSR count). The van der Waals surface area contributed by atoms with E-state index in [-0.39, 0.29) is 17.7 Å². The zero-order chi connectivity index (χ0) is 14.3. The summed E-state index contributed by atoms with van der Waals surface area (Å²) in [6.45, 7) is 7.65. The number of amides is 1. The van der Waals surface area contributed by atoms with Gasteiger partial charge in [0, 0.05) is 19.1 Å². The number of nitrogens with zero attached hydrogens (tertiary/aromatic N) is 1. The molecule has 0 aromatic rings. The molecule has 4 nitrogen and oxygen atoms in total. The van der Waals surface area contributed by atoms with Crippen LogP contribution in [0.15, 0.2) is 0 Å². The lowest BCUT2D eigenvalue weighted by molar-refractivity contribution is -0.159.